The molecule has 2 amide bonds. The predicted molar refractivity (Wildman–Crippen MR) is 157 cm³/mol. The molecular weight excluding hydrogens is 591 g/mol. The largest absolute Gasteiger partial charge is 0.495 e. The van der Waals surface area contributed by atoms with Crippen molar-refractivity contribution >= 4 is 57.8 Å². The Kier molecular flexibility index (Phi) is 8.89. The first kappa shape index (κ1) is 29.8. The van der Waals surface area contributed by atoms with Gasteiger partial charge in [-0.05, 0) is 59.7 Å². The number of nitrogens with zero attached hydrogens (tertiary/aromatic N) is 2. The second-order valence-corrected chi connectivity index (χ2v) is 9.40. The Labute approximate surface area is 248 Å². The Bertz CT molecular complexity index is 1620. The SMILES string of the molecule is COc1cc(-c2ccc(NC(=O)c3ccc(Cl)c([N+](=O)[O-])c3)c(OC)c2)ccc1NC(=O)c1ccc(Cl)c([N+](=O)[O-])c1. The number of anilines is 2. The van der Waals surface area contributed by atoms with E-state index in [0.29, 0.717) is 34.0 Å². The van der Waals surface area contributed by atoms with Crippen LogP contribution in [-0.4, -0.2) is 35.9 Å². The average molecular weight is 611 g/mol. The van der Waals surface area contributed by atoms with E-state index in [0.717, 1.165) is 12.1 Å². The molecule has 0 fully saturated rings. The van der Waals surface area contributed by atoms with Crippen molar-refractivity contribution < 1.29 is 28.9 Å². The minimum Gasteiger partial charge on any atom is -0.495 e. The van der Waals surface area contributed by atoms with E-state index < -0.39 is 33.0 Å². The van der Waals surface area contributed by atoms with Crippen LogP contribution in [0.4, 0.5) is 22.7 Å². The number of hydrogen-bond donors (Lipinski definition) is 2. The molecule has 214 valence electrons. The lowest BCUT2D eigenvalue weighted by Crippen LogP contribution is -2.13. The molecule has 4 rings (SSSR count). The summed E-state index contributed by atoms with van der Waals surface area (Å²) in [6.07, 6.45) is 0. The number of halogens is 2. The molecule has 0 unspecified atom stereocenters. The van der Waals surface area contributed by atoms with Gasteiger partial charge in [-0.15, -0.1) is 0 Å². The van der Waals surface area contributed by atoms with Gasteiger partial charge in [0.15, 0.2) is 0 Å². The van der Waals surface area contributed by atoms with Crippen LogP contribution in [0.1, 0.15) is 20.7 Å². The first-order chi connectivity index (χ1) is 20.0. The van der Waals surface area contributed by atoms with Gasteiger partial charge in [0.05, 0.1) is 35.4 Å². The molecule has 0 aliphatic rings. The molecule has 2 N–H and O–H groups in total. The number of carbonyl (C=O) groups is 2. The standard InChI is InChI=1S/C28H20Cl2N4O8/c1-41-25-13-15(5-9-21(25)31-27(35)17-3-7-19(29)23(11-17)33(37)38)16-6-10-22(26(14-16)42-2)32-28(36)18-4-8-20(30)24(12-18)34(39)40/h3-14H,1-2H3,(H,31,35)(H,32,36). The maximum absolute atomic E-state index is 12.8. The summed E-state index contributed by atoms with van der Waals surface area (Å²) in [6, 6.07) is 17.4. The van der Waals surface area contributed by atoms with Crippen molar-refractivity contribution in [2.45, 2.75) is 0 Å². The fourth-order valence-corrected chi connectivity index (χ4v) is 4.30. The van der Waals surface area contributed by atoms with Gasteiger partial charge in [-0.1, -0.05) is 35.3 Å². The number of ether oxygens (including phenoxy) is 2. The summed E-state index contributed by atoms with van der Waals surface area (Å²) in [4.78, 5) is 46.5. The molecule has 42 heavy (non-hydrogen) atoms. The van der Waals surface area contributed by atoms with Crippen molar-refractivity contribution in [3.05, 3.63) is 114 Å². The molecule has 0 bridgehead atoms. The Morgan fingerprint density at radius 2 is 1.02 bits per heavy atom. The topological polar surface area (TPSA) is 163 Å². The number of benzene rings is 4. The molecule has 0 saturated carbocycles. The van der Waals surface area contributed by atoms with E-state index in [1.54, 1.807) is 36.4 Å². The van der Waals surface area contributed by atoms with Gasteiger partial charge in [0.2, 0.25) is 0 Å². The number of nitrogens with one attached hydrogen (secondary N) is 2. The second-order valence-electron chi connectivity index (χ2n) is 8.58. The van der Waals surface area contributed by atoms with E-state index in [-0.39, 0.29) is 21.2 Å². The van der Waals surface area contributed by atoms with Crippen LogP contribution in [0.5, 0.6) is 11.5 Å². The summed E-state index contributed by atoms with van der Waals surface area (Å²) in [5.41, 5.74) is 1.27. The number of carbonyl (C=O) groups excluding carboxylic acids is 2. The summed E-state index contributed by atoms with van der Waals surface area (Å²) in [6.45, 7) is 0. The first-order valence-electron chi connectivity index (χ1n) is 11.9. The lowest BCUT2D eigenvalue weighted by molar-refractivity contribution is -0.384. The Balaban J connectivity index is 1.56. The molecule has 4 aromatic carbocycles. The van der Waals surface area contributed by atoms with E-state index in [1.807, 2.05) is 0 Å². The second kappa shape index (κ2) is 12.5. The van der Waals surface area contributed by atoms with Gasteiger partial charge in [0, 0.05) is 23.3 Å². The minimum absolute atomic E-state index is 0.0350. The van der Waals surface area contributed by atoms with Gasteiger partial charge in [-0.3, -0.25) is 29.8 Å². The first-order valence-corrected chi connectivity index (χ1v) is 12.6. The molecule has 0 saturated heterocycles. The predicted octanol–water partition coefficient (Wildman–Crippen LogP) is 7.00. The third-order valence-electron chi connectivity index (χ3n) is 6.04. The molecule has 0 heterocycles. The van der Waals surface area contributed by atoms with Gasteiger partial charge in [0.1, 0.15) is 21.5 Å². The maximum atomic E-state index is 12.8. The Hall–Kier alpha value is -5.20. The molecule has 14 heteroatoms. The molecule has 0 spiro atoms. The molecule has 4 aromatic rings. The summed E-state index contributed by atoms with van der Waals surface area (Å²) >= 11 is 11.7. The normalized spacial score (nSPS) is 10.5. The average Bonchev–Trinajstić information content (AvgIpc) is 2.97. The lowest BCUT2D eigenvalue weighted by atomic mass is 10.0. The summed E-state index contributed by atoms with van der Waals surface area (Å²) in [7, 11) is 2.84. The van der Waals surface area contributed by atoms with Crippen LogP contribution in [0.2, 0.25) is 10.0 Å². The number of hydrogen-bond acceptors (Lipinski definition) is 8. The summed E-state index contributed by atoms with van der Waals surface area (Å²) in [5, 5.41) is 27.5. The smallest absolute Gasteiger partial charge is 0.288 e. The Morgan fingerprint density at radius 1 is 0.643 bits per heavy atom. The maximum Gasteiger partial charge on any atom is 0.288 e. The van der Waals surface area contributed by atoms with E-state index in [2.05, 4.69) is 10.6 Å². The zero-order valence-corrected chi connectivity index (χ0v) is 23.4. The number of amides is 2. The highest BCUT2D eigenvalue weighted by Gasteiger charge is 2.19. The van der Waals surface area contributed by atoms with Gasteiger partial charge in [-0.2, -0.15) is 0 Å². The zero-order chi connectivity index (χ0) is 30.6. The molecule has 0 aromatic heterocycles. The fraction of sp³-hybridized carbons (Fsp3) is 0.0714. The van der Waals surface area contributed by atoms with E-state index in [9.17, 15) is 29.8 Å². The van der Waals surface area contributed by atoms with Crippen molar-refractivity contribution in [2.24, 2.45) is 0 Å². The zero-order valence-electron chi connectivity index (χ0n) is 21.8. The quantitative estimate of drug-likeness (QED) is 0.151. The lowest BCUT2D eigenvalue weighted by Gasteiger charge is -2.15. The molecule has 0 aliphatic heterocycles. The highest BCUT2D eigenvalue weighted by Crippen LogP contribution is 2.36. The molecular formula is C28H20Cl2N4O8. The Morgan fingerprint density at radius 3 is 1.36 bits per heavy atom. The molecule has 0 aliphatic carbocycles. The van der Waals surface area contributed by atoms with Crippen LogP contribution in [0, 0.1) is 20.2 Å². The third-order valence-corrected chi connectivity index (χ3v) is 6.68. The van der Waals surface area contributed by atoms with E-state index in [1.165, 1.54) is 38.5 Å². The van der Waals surface area contributed by atoms with Crippen molar-refractivity contribution in [1.29, 1.82) is 0 Å². The number of nitro benzene ring substituents is 2. The van der Waals surface area contributed by atoms with Crippen LogP contribution in [0.3, 0.4) is 0 Å². The number of rotatable bonds is 9. The molecule has 0 radical (unpaired) electrons. The van der Waals surface area contributed by atoms with E-state index in [4.69, 9.17) is 32.7 Å². The third kappa shape index (κ3) is 6.40. The number of nitro groups is 2. The van der Waals surface area contributed by atoms with Crippen molar-refractivity contribution in [2.75, 3.05) is 24.9 Å². The van der Waals surface area contributed by atoms with Crippen LogP contribution < -0.4 is 20.1 Å². The van der Waals surface area contributed by atoms with Crippen LogP contribution in [0.15, 0.2) is 72.8 Å². The van der Waals surface area contributed by atoms with Gasteiger partial charge in [0.25, 0.3) is 23.2 Å². The van der Waals surface area contributed by atoms with Gasteiger partial charge < -0.3 is 20.1 Å². The van der Waals surface area contributed by atoms with Gasteiger partial charge >= 0.3 is 0 Å². The highest BCUT2D eigenvalue weighted by atomic mass is 35.5. The monoisotopic (exact) mass is 610 g/mol. The molecule has 0 atom stereocenters. The summed E-state index contributed by atoms with van der Waals surface area (Å²) < 4.78 is 10.9. The fourth-order valence-electron chi connectivity index (χ4n) is 3.92. The molecule has 12 nitrogen and oxygen atoms in total. The minimum atomic E-state index is -0.677. The van der Waals surface area contributed by atoms with Crippen molar-refractivity contribution in [1.82, 2.24) is 0 Å². The van der Waals surface area contributed by atoms with Crippen LogP contribution in [0.25, 0.3) is 11.1 Å². The van der Waals surface area contributed by atoms with Gasteiger partial charge in [-0.25, -0.2) is 0 Å². The van der Waals surface area contributed by atoms with E-state index >= 15 is 0 Å². The highest BCUT2D eigenvalue weighted by molar-refractivity contribution is 6.33. The van der Waals surface area contributed by atoms with Crippen molar-refractivity contribution in [3.8, 4) is 22.6 Å². The van der Waals surface area contributed by atoms with Crippen molar-refractivity contribution in [3.63, 3.8) is 0 Å². The van der Waals surface area contributed by atoms with Crippen LogP contribution in [-0.2, 0) is 0 Å². The number of methoxy groups -OCH3 is 2. The van der Waals surface area contributed by atoms with Crippen LogP contribution >= 0.6 is 23.2 Å². The summed E-state index contributed by atoms with van der Waals surface area (Å²) in [5.74, 6) is -0.586.